The number of hydrogen-bond acceptors (Lipinski definition) is 6. The molecule has 3 aromatic rings. The summed E-state index contributed by atoms with van der Waals surface area (Å²) in [5.41, 5.74) is 2.40. The van der Waals surface area contributed by atoms with E-state index < -0.39 is 0 Å². The molecule has 4 heterocycles. The van der Waals surface area contributed by atoms with Crippen molar-refractivity contribution in [1.82, 2.24) is 29.6 Å². The van der Waals surface area contributed by atoms with E-state index in [1.165, 1.54) is 0 Å². The van der Waals surface area contributed by atoms with Crippen molar-refractivity contribution in [2.24, 2.45) is 7.05 Å². The van der Waals surface area contributed by atoms with Crippen LogP contribution in [0.5, 0.6) is 0 Å². The minimum atomic E-state index is -0.0820. The number of nitrogens with zero attached hydrogens (tertiary/aromatic N) is 6. The van der Waals surface area contributed by atoms with Crippen molar-refractivity contribution in [1.29, 1.82) is 0 Å². The van der Waals surface area contributed by atoms with Gasteiger partial charge in [0.15, 0.2) is 11.6 Å². The van der Waals surface area contributed by atoms with Crippen LogP contribution < -0.4 is 0 Å². The third kappa shape index (κ3) is 2.67. The molecule has 0 radical (unpaired) electrons. The van der Waals surface area contributed by atoms with Gasteiger partial charge in [0.05, 0.1) is 23.0 Å². The van der Waals surface area contributed by atoms with Crippen molar-refractivity contribution in [3.63, 3.8) is 0 Å². The van der Waals surface area contributed by atoms with Gasteiger partial charge >= 0.3 is 0 Å². The number of imidazole rings is 1. The fraction of sp³-hybridized carbons (Fsp3) is 0.389. The van der Waals surface area contributed by atoms with E-state index in [1.807, 2.05) is 31.9 Å². The summed E-state index contributed by atoms with van der Waals surface area (Å²) in [4.78, 5) is 28.0. The highest BCUT2D eigenvalue weighted by Gasteiger charge is 2.33. The van der Waals surface area contributed by atoms with Gasteiger partial charge in [0.25, 0.3) is 5.91 Å². The molecule has 1 aliphatic heterocycles. The molecule has 26 heavy (non-hydrogen) atoms. The van der Waals surface area contributed by atoms with Crippen molar-refractivity contribution in [3.05, 3.63) is 47.6 Å². The summed E-state index contributed by atoms with van der Waals surface area (Å²) >= 11 is 0. The Kier molecular flexibility index (Phi) is 4.02. The second-order valence-corrected chi connectivity index (χ2v) is 6.52. The largest absolute Gasteiger partial charge is 0.361 e. The van der Waals surface area contributed by atoms with Crippen LogP contribution in [0.4, 0.5) is 0 Å². The highest BCUT2D eigenvalue weighted by Crippen LogP contribution is 2.33. The first kappa shape index (κ1) is 16.4. The molecule has 0 aliphatic carbocycles. The molecule has 1 aliphatic rings. The molecule has 0 aromatic carbocycles. The van der Waals surface area contributed by atoms with Gasteiger partial charge in [-0.05, 0) is 32.8 Å². The molecule has 134 valence electrons. The van der Waals surface area contributed by atoms with Crippen molar-refractivity contribution in [2.75, 3.05) is 6.54 Å². The Morgan fingerprint density at radius 2 is 2.12 bits per heavy atom. The number of carbonyl (C=O) groups is 1. The highest BCUT2D eigenvalue weighted by atomic mass is 16.5. The van der Waals surface area contributed by atoms with Crippen LogP contribution in [-0.4, -0.2) is 42.0 Å². The maximum Gasteiger partial charge on any atom is 0.290 e. The van der Waals surface area contributed by atoms with Crippen LogP contribution in [0.25, 0.3) is 11.4 Å². The number of carbonyl (C=O) groups excluding carboxylic acids is 1. The van der Waals surface area contributed by atoms with E-state index in [0.29, 0.717) is 24.0 Å². The predicted molar refractivity (Wildman–Crippen MR) is 93.2 cm³/mol. The standard InChI is InChI=1S/C18H20N6O2/c1-11-15(12(2)26-22-11)16-19-7-6-13(21-16)14-5-4-9-24(14)18(25)17-20-8-10-23(17)3/h6-8,10,14H,4-5,9H2,1-3H3/t14-/m1/s1. The van der Waals surface area contributed by atoms with E-state index in [4.69, 9.17) is 9.51 Å². The molecular formula is C18H20N6O2. The molecule has 0 unspecified atom stereocenters. The van der Waals surface area contributed by atoms with Gasteiger partial charge in [0.1, 0.15) is 5.76 Å². The molecule has 3 aromatic heterocycles. The van der Waals surface area contributed by atoms with E-state index in [2.05, 4.69) is 15.1 Å². The first-order chi connectivity index (χ1) is 12.6. The maximum absolute atomic E-state index is 12.9. The highest BCUT2D eigenvalue weighted by molar-refractivity contribution is 5.91. The second-order valence-electron chi connectivity index (χ2n) is 6.52. The van der Waals surface area contributed by atoms with Gasteiger partial charge in [0.2, 0.25) is 0 Å². The van der Waals surface area contributed by atoms with E-state index in [9.17, 15) is 4.79 Å². The summed E-state index contributed by atoms with van der Waals surface area (Å²) in [7, 11) is 1.82. The molecular weight excluding hydrogens is 332 g/mol. The number of aryl methyl sites for hydroxylation is 3. The fourth-order valence-electron chi connectivity index (χ4n) is 3.50. The Labute approximate surface area is 150 Å². The van der Waals surface area contributed by atoms with E-state index in [1.54, 1.807) is 23.2 Å². The number of rotatable bonds is 3. The third-order valence-corrected chi connectivity index (χ3v) is 4.80. The van der Waals surface area contributed by atoms with Crippen LogP contribution in [-0.2, 0) is 7.05 Å². The maximum atomic E-state index is 12.9. The summed E-state index contributed by atoms with van der Waals surface area (Å²) in [6, 6.07) is 1.79. The minimum Gasteiger partial charge on any atom is -0.361 e. The molecule has 8 nitrogen and oxygen atoms in total. The van der Waals surface area contributed by atoms with Gasteiger partial charge in [-0.2, -0.15) is 0 Å². The zero-order valence-corrected chi connectivity index (χ0v) is 15.0. The molecule has 1 atom stereocenters. The molecule has 0 spiro atoms. The molecule has 0 saturated carbocycles. The molecule has 4 rings (SSSR count). The Hall–Kier alpha value is -3.03. The lowest BCUT2D eigenvalue weighted by Gasteiger charge is -2.24. The summed E-state index contributed by atoms with van der Waals surface area (Å²) in [6.45, 7) is 4.41. The average Bonchev–Trinajstić information content (AvgIpc) is 3.35. The van der Waals surface area contributed by atoms with E-state index in [0.717, 1.165) is 29.8 Å². The normalized spacial score (nSPS) is 17.0. The Bertz CT molecular complexity index is 941. The molecule has 0 N–H and O–H groups in total. The minimum absolute atomic E-state index is 0.0718. The number of hydrogen-bond donors (Lipinski definition) is 0. The first-order valence-corrected chi connectivity index (χ1v) is 8.60. The average molecular weight is 352 g/mol. The van der Waals surface area contributed by atoms with Crippen LogP contribution >= 0.6 is 0 Å². The first-order valence-electron chi connectivity index (χ1n) is 8.60. The summed E-state index contributed by atoms with van der Waals surface area (Å²) in [6.07, 6.45) is 6.95. The van der Waals surface area contributed by atoms with Gasteiger partial charge in [-0.3, -0.25) is 4.79 Å². The summed E-state index contributed by atoms with van der Waals surface area (Å²) < 4.78 is 6.97. The molecule has 1 saturated heterocycles. The molecule has 1 amide bonds. The SMILES string of the molecule is Cc1noc(C)c1-c1nccc([C@H]2CCCN2C(=O)c2nccn2C)n1. The van der Waals surface area contributed by atoms with Crippen molar-refractivity contribution in [2.45, 2.75) is 32.7 Å². The Morgan fingerprint density at radius 1 is 1.27 bits per heavy atom. The number of aromatic nitrogens is 5. The zero-order chi connectivity index (χ0) is 18.3. The Balaban J connectivity index is 1.68. The van der Waals surface area contributed by atoms with Crippen molar-refractivity contribution >= 4 is 5.91 Å². The van der Waals surface area contributed by atoms with Gasteiger partial charge in [-0.15, -0.1) is 0 Å². The van der Waals surface area contributed by atoms with E-state index >= 15 is 0 Å². The number of likely N-dealkylation sites (tertiary alicyclic amines) is 1. The molecule has 1 fully saturated rings. The van der Waals surface area contributed by atoms with Gasteiger partial charge in [0, 0.05) is 32.2 Å². The topological polar surface area (TPSA) is 89.9 Å². The predicted octanol–water partition coefficient (Wildman–Crippen LogP) is 2.46. The van der Waals surface area contributed by atoms with Crippen LogP contribution in [0.3, 0.4) is 0 Å². The monoisotopic (exact) mass is 352 g/mol. The fourth-order valence-corrected chi connectivity index (χ4v) is 3.50. The van der Waals surface area contributed by atoms with Crippen molar-refractivity contribution < 1.29 is 9.32 Å². The van der Waals surface area contributed by atoms with Crippen molar-refractivity contribution in [3.8, 4) is 11.4 Å². The Morgan fingerprint density at radius 3 is 2.81 bits per heavy atom. The lowest BCUT2D eigenvalue weighted by atomic mass is 10.1. The summed E-state index contributed by atoms with van der Waals surface area (Å²) in [5, 5.41) is 3.98. The number of amides is 1. The molecule has 8 heteroatoms. The van der Waals surface area contributed by atoms with Crippen LogP contribution in [0.2, 0.25) is 0 Å². The van der Waals surface area contributed by atoms with Gasteiger partial charge in [-0.1, -0.05) is 5.16 Å². The lowest BCUT2D eigenvalue weighted by molar-refractivity contribution is 0.0716. The third-order valence-electron chi connectivity index (χ3n) is 4.80. The smallest absolute Gasteiger partial charge is 0.290 e. The van der Waals surface area contributed by atoms with Gasteiger partial charge in [-0.25, -0.2) is 15.0 Å². The quantitative estimate of drug-likeness (QED) is 0.719. The van der Waals surface area contributed by atoms with Crippen LogP contribution in [0.1, 0.15) is 46.7 Å². The lowest BCUT2D eigenvalue weighted by Crippen LogP contribution is -2.32. The van der Waals surface area contributed by atoms with Gasteiger partial charge < -0.3 is 14.0 Å². The second kappa shape index (κ2) is 6.36. The van der Waals surface area contributed by atoms with Crippen LogP contribution in [0.15, 0.2) is 29.2 Å². The summed E-state index contributed by atoms with van der Waals surface area (Å²) in [5.74, 6) is 1.64. The van der Waals surface area contributed by atoms with E-state index in [-0.39, 0.29) is 11.9 Å². The molecule has 0 bridgehead atoms. The zero-order valence-electron chi connectivity index (χ0n) is 15.0. The van der Waals surface area contributed by atoms with Crippen LogP contribution in [0, 0.1) is 13.8 Å².